The molecule has 2 N–H and O–H groups in total. The molecular weight excluding hydrogens is 376 g/mol. The van der Waals surface area contributed by atoms with E-state index in [1.807, 2.05) is 18.2 Å². The van der Waals surface area contributed by atoms with Crippen LogP contribution < -0.4 is 5.32 Å². The molecule has 3 aromatic carbocycles. The molecule has 28 heavy (non-hydrogen) atoms. The third-order valence-electron chi connectivity index (χ3n) is 4.27. The highest BCUT2D eigenvalue weighted by Crippen LogP contribution is 2.27. The standard InChI is InChI=1S/C22H17ClN2O3/c23-19-12-10-16(11-13-19)20(22(27)24-14-25-28)15-6-8-18(9-7-15)21(26)17-4-2-1-3-5-17/h1-14,20,28H,(H,24,25,27). The molecule has 0 fully saturated rings. The van der Waals surface area contributed by atoms with Crippen LogP contribution in [-0.2, 0) is 4.79 Å². The lowest BCUT2D eigenvalue weighted by Crippen LogP contribution is -2.29. The van der Waals surface area contributed by atoms with Crippen LogP contribution in [0.25, 0.3) is 0 Å². The molecule has 0 radical (unpaired) electrons. The number of hydrogen-bond acceptors (Lipinski definition) is 4. The Morgan fingerprint density at radius 2 is 1.39 bits per heavy atom. The van der Waals surface area contributed by atoms with Gasteiger partial charge in [0.1, 0.15) is 6.34 Å². The van der Waals surface area contributed by atoms with E-state index in [9.17, 15) is 9.59 Å². The van der Waals surface area contributed by atoms with Gasteiger partial charge in [-0.25, -0.2) is 0 Å². The largest absolute Gasteiger partial charge is 0.410 e. The fourth-order valence-corrected chi connectivity index (χ4v) is 3.04. The zero-order valence-corrected chi connectivity index (χ0v) is 15.5. The molecule has 0 aliphatic carbocycles. The third kappa shape index (κ3) is 4.45. The molecule has 3 rings (SSSR count). The summed E-state index contributed by atoms with van der Waals surface area (Å²) in [6.45, 7) is 0. The van der Waals surface area contributed by atoms with Gasteiger partial charge in [0, 0.05) is 16.1 Å². The predicted molar refractivity (Wildman–Crippen MR) is 108 cm³/mol. The number of carbonyl (C=O) groups excluding carboxylic acids is 2. The Kier molecular flexibility index (Phi) is 6.19. The Bertz CT molecular complexity index is 985. The van der Waals surface area contributed by atoms with Gasteiger partial charge in [-0.15, -0.1) is 0 Å². The number of ketones is 1. The fraction of sp³-hybridized carbons (Fsp3) is 0.0455. The van der Waals surface area contributed by atoms with E-state index in [4.69, 9.17) is 16.8 Å². The number of nitrogens with zero attached hydrogens (tertiary/aromatic N) is 1. The number of nitrogens with one attached hydrogen (secondary N) is 1. The number of rotatable bonds is 6. The molecule has 0 aliphatic heterocycles. The second kappa shape index (κ2) is 8.97. The highest BCUT2D eigenvalue weighted by atomic mass is 35.5. The Balaban J connectivity index is 1.93. The molecule has 0 bridgehead atoms. The van der Waals surface area contributed by atoms with Gasteiger partial charge in [0.15, 0.2) is 5.78 Å². The summed E-state index contributed by atoms with van der Waals surface area (Å²) in [7, 11) is 0. The van der Waals surface area contributed by atoms with Crippen LogP contribution >= 0.6 is 11.6 Å². The highest BCUT2D eigenvalue weighted by molar-refractivity contribution is 6.30. The fourth-order valence-electron chi connectivity index (χ4n) is 2.91. The first-order valence-corrected chi connectivity index (χ1v) is 8.89. The van der Waals surface area contributed by atoms with Crippen LogP contribution in [0.15, 0.2) is 84.0 Å². The number of halogens is 1. The van der Waals surface area contributed by atoms with Gasteiger partial charge in [-0.1, -0.05) is 83.5 Å². The zero-order valence-electron chi connectivity index (χ0n) is 14.7. The molecule has 0 saturated carbocycles. The molecule has 0 saturated heterocycles. The average Bonchev–Trinajstić information content (AvgIpc) is 2.74. The van der Waals surface area contributed by atoms with Gasteiger partial charge in [0.25, 0.3) is 0 Å². The van der Waals surface area contributed by atoms with Gasteiger partial charge in [0.2, 0.25) is 5.91 Å². The topological polar surface area (TPSA) is 78.8 Å². The van der Waals surface area contributed by atoms with E-state index in [1.54, 1.807) is 60.7 Å². The SMILES string of the molecule is O=C(c1ccccc1)c1ccc(C(C(=O)N/C=N/O)c2ccc(Cl)cc2)cc1. The van der Waals surface area contributed by atoms with Crippen LogP contribution in [0.4, 0.5) is 0 Å². The molecule has 0 heterocycles. The zero-order chi connectivity index (χ0) is 19.9. The maximum atomic E-state index is 12.6. The number of carbonyl (C=O) groups is 2. The van der Waals surface area contributed by atoms with Crippen molar-refractivity contribution >= 4 is 29.6 Å². The van der Waals surface area contributed by atoms with E-state index in [0.717, 1.165) is 11.9 Å². The number of hydrogen-bond donors (Lipinski definition) is 2. The molecular formula is C22H17ClN2O3. The lowest BCUT2D eigenvalue weighted by molar-refractivity contribution is -0.120. The first-order valence-electron chi connectivity index (χ1n) is 8.51. The van der Waals surface area contributed by atoms with Crippen molar-refractivity contribution in [3.8, 4) is 0 Å². The van der Waals surface area contributed by atoms with Crippen LogP contribution in [0.1, 0.15) is 33.0 Å². The van der Waals surface area contributed by atoms with Crippen LogP contribution in [0.5, 0.6) is 0 Å². The van der Waals surface area contributed by atoms with Crippen LogP contribution in [0.3, 0.4) is 0 Å². The summed E-state index contributed by atoms with van der Waals surface area (Å²) in [6, 6.07) is 22.8. The van der Waals surface area contributed by atoms with Crippen molar-refractivity contribution < 1.29 is 14.8 Å². The lowest BCUT2D eigenvalue weighted by atomic mass is 9.89. The maximum Gasteiger partial charge on any atom is 0.237 e. The van der Waals surface area contributed by atoms with Gasteiger partial charge in [-0.3, -0.25) is 9.59 Å². The predicted octanol–water partition coefficient (Wildman–Crippen LogP) is 4.24. The number of amides is 1. The first kappa shape index (κ1) is 19.3. The molecule has 0 spiro atoms. The lowest BCUT2D eigenvalue weighted by Gasteiger charge is -2.17. The summed E-state index contributed by atoms with van der Waals surface area (Å²) < 4.78 is 0. The smallest absolute Gasteiger partial charge is 0.237 e. The summed E-state index contributed by atoms with van der Waals surface area (Å²) >= 11 is 5.95. The maximum absolute atomic E-state index is 12.6. The Morgan fingerprint density at radius 1 is 0.857 bits per heavy atom. The van der Waals surface area contributed by atoms with Gasteiger partial charge in [-0.05, 0) is 23.3 Å². The quantitative estimate of drug-likeness (QED) is 0.216. The van der Waals surface area contributed by atoms with E-state index in [1.165, 1.54) is 0 Å². The summed E-state index contributed by atoms with van der Waals surface area (Å²) in [6.07, 6.45) is 0.915. The van der Waals surface area contributed by atoms with Gasteiger partial charge in [0.05, 0.1) is 5.92 Å². The van der Waals surface area contributed by atoms with E-state index < -0.39 is 5.92 Å². The van der Waals surface area contributed by atoms with Crippen molar-refractivity contribution in [3.05, 3.63) is 106 Å². The number of oxime groups is 1. The minimum atomic E-state index is -0.656. The Morgan fingerprint density at radius 3 is 1.96 bits per heavy atom. The summed E-state index contributed by atoms with van der Waals surface area (Å²) in [5, 5.41) is 14.4. The monoisotopic (exact) mass is 392 g/mol. The minimum Gasteiger partial charge on any atom is -0.410 e. The molecule has 0 aromatic heterocycles. The second-order valence-electron chi connectivity index (χ2n) is 6.05. The Hall–Kier alpha value is -3.44. The summed E-state index contributed by atoms with van der Waals surface area (Å²) in [4.78, 5) is 25.2. The first-order chi connectivity index (χ1) is 13.6. The average molecular weight is 393 g/mol. The van der Waals surface area contributed by atoms with Gasteiger partial charge < -0.3 is 10.5 Å². The highest BCUT2D eigenvalue weighted by Gasteiger charge is 2.23. The van der Waals surface area contributed by atoms with Crippen molar-refractivity contribution in [2.45, 2.75) is 5.92 Å². The van der Waals surface area contributed by atoms with Crippen molar-refractivity contribution in [2.75, 3.05) is 0 Å². The van der Waals surface area contributed by atoms with E-state index in [-0.39, 0.29) is 11.7 Å². The Labute approximate surface area is 167 Å². The van der Waals surface area contributed by atoms with Crippen molar-refractivity contribution in [3.63, 3.8) is 0 Å². The summed E-state index contributed by atoms with van der Waals surface area (Å²) in [5.41, 5.74) is 2.54. The van der Waals surface area contributed by atoms with Gasteiger partial charge in [-0.2, -0.15) is 0 Å². The molecule has 140 valence electrons. The molecule has 0 aliphatic rings. The van der Waals surface area contributed by atoms with Crippen molar-refractivity contribution in [1.29, 1.82) is 0 Å². The van der Waals surface area contributed by atoms with Crippen molar-refractivity contribution in [2.24, 2.45) is 5.16 Å². The molecule has 1 amide bonds. The molecule has 1 unspecified atom stereocenters. The summed E-state index contributed by atoms with van der Waals surface area (Å²) in [5.74, 6) is -1.12. The van der Waals surface area contributed by atoms with Crippen LogP contribution in [0, 0.1) is 0 Å². The third-order valence-corrected chi connectivity index (χ3v) is 4.52. The molecule has 6 heteroatoms. The van der Waals surface area contributed by atoms with Crippen molar-refractivity contribution in [1.82, 2.24) is 5.32 Å². The molecule has 5 nitrogen and oxygen atoms in total. The number of benzene rings is 3. The van der Waals surface area contributed by atoms with Gasteiger partial charge >= 0.3 is 0 Å². The minimum absolute atomic E-state index is 0.0907. The van der Waals surface area contributed by atoms with Crippen LogP contribution in [-0.4, -0.2) is 23.2 Å². The van der Waals surface area contributed by atoms with E-state index in [2.05, 4.69) is 10.5 Å². The normalized spacial score (nSPS) is 11.9. The molecule has 1 atom stereocenters. The second-order valence-corrected chi connectivity index (χ2v) is 6.49. The van der Waals surface area contributed by atoms with E-state index in [0.29, 0.717) is 21.7 Å². The van der Waals surface area contributed by atoms with E-state index >= 15 is 0 Å². The molecule has 3 aromatic rings. The van der Waals surface area contributed by atoms with Crippen LogP contribution in [0.2, 0.25) is 5.02 Å².